The molecule has 0 atom stereocenters. The summed E-state index contributed by atoms with van der Waals surface area (Å²) in [5, 5.41) is 10.3. The lowest BCUT2D eigenvalue weighted by atomic mass is 10.2. The van der Waals surface area contributed by atoms with E-state index in [4.69, 9.17) is 5.73 Å². The molecule has 0 unspecified atom stereocenters. The van der Waals surface area contributed by atoms with Crippen LogP contribution in [0.25, 0.3) is 0 Å². The molecular formula is C6H5F2N3O3. The molecular weight excluding hydrogens is 200 g/mol. The van der Waals surface area contributed by atoms with Crippen LogP contribution in [0.4, 0.5) is 20.2 Å². The van der Waals surface area contributed by atoms with Crippen LogP contribution in [-0.4, -0.2) is 9.91 Å². The molecule has 6 nitrogen and oxygen atoms in total. The van der Waals surface area contributed by atoms with Crippen molar-refractivity contribution in [1.29, 1.82) is 0 Å². The van der Waals surface area contributed by atoms with E-state index in [1.165, 1.54) is 0 Å². The number of nitrogens with one attached hydrogen (secondary N) is 1. The van der Waals surface area contributed by atoms with Crippen molar-refractivity contribution in [3.8, 4) is 0 Å². The van der Waals surface area contributed by atoms with Crippen LogP contribution in [0.1, 0.15) is 12.0 Å². The minimum absolute atomic E-state index is 0.508. The van der Waals surface area contributed by atoms with Crippen molar-refractivity contribution in [2.45, 2.75) is 6.43 Å². The number of pyridine rings is 1. The molecule has 0 amide bonds. The van der Waals surface area contributed by atoms with Gasteiger partial charge in [-0.25, -0.2) is 8.78 Å². The Labute approximate surface area is 75.5 Å². The molecule has 0 aliphatic heterocycles. The van der Waals surface area contributed by atoms with Gasteiger partial charge in [0, 0.05) is 6.20 Å². The maximum absolute atomic E-state index is 12.3. The molecule has 0 radical (unpaired) electrons. The first-order chi connectivity index (χ1) is 6.45. The zero-order chi connectivity index (χ0) is 10.9. The maximum Gasteiger partial charge on any atom is 0.344 e. The molecule has 0 aliphatic carbocycles. The normalized spacial score (nSPS) is 10.5. The SMILES string of the molecule is Nc1c[nH]c(=O)c([N+](=O)[O-])c1C(F)F. The van der Waals surface area contributed by atoms with Gasteiger partial charge in [0.15, 0.2) is 0 Å². The number of H-pyrrole nitrogens is 1. The quantitative estimate of drug-likeness (QED) is 0.550. The van der Waals surface area contributed by atoms with E-state index in [9.17, 15) is 23.7 Å². The summed E-state index contributed by atoms with van der Waals surface area (Å²) in [4.78, 5) is 21.9. The summed E-state index contributed by atoms with van der Waals surface area (Å²) in [6.07, 6.45) is -2.35. The number of rotatable bonds is 2. The van der Waals surface area contributed by atoms with Gasteiger partial charge in [0.2, 0.25) is 0 Å². The Kier molecular flexibility index (Phi) is 2.45. The number of hydrogen-bond acceptors (Lipinski definition) is 4. The van der Waals surface area contributed by atoms with Crippen LogP contribution in [0.3, 0.4) is 0 Å². The van der Waals surface area contributed by atoms with E-state index in [1.807, 2.05) is 4.98 Å². The highest BCUT2D eigenvalue weighted by atomic mass is 19.3. The van der Waals surface area contributed by atoms with Crippen LogP contribution in [-0.2, 0) is 0 Å². The van der Waals surface area contributed by atoms with E-state index >= 15 is 0 Å². The Balaban J connectivity index is 3.58. The second-order valence-corrected chi connectivity index (χ2v) is 2.39. The van der Waals surface area contributed by atoms with E-state index < -0.39 is 33.8 Å². The molecule has 1 rings (SSSR count). The number of aromatic nitrogens is 1. The summed E-state index contributed by atoms with van der Waals surface area (Å²) in [6, 6.07) is 0. The van der Waals surface area contributed by atoms with Crippen molar-refractivity contribution >= 4 is 11.4 Å². The third-order valence-electron chi connectivity index (χ3n) is 1.54. The molecule has 1 heterocycles. The van der Waals surface area contributed by atoms with Crippen molar-refractivity contribution in [3.05, 3.63) is 32.2 Å². The monoisotopic (exact) mass is 205 g/mol. The van der Waals surface area contributed by atoms with Gasteiger partial charge in [-0.05, 0) is 0 Å². The summed E-state index contributed by atoms with van der Waals surface area (Å²) in [5.74, 6) is 0. The summed E-state index contributed by atoms with van der Waals surface area (Å²) in [7, 11) is 0. The smallest absolute Gasteiger partial charge is 0.344 e. The Morgan fingerprint density at radius 1 is 1.57 bits per heavy atom. The number of nitro groups is 1. The number of hydrogen-bond donors (Lipinski definition) is 2. The van der Waals surface area contributed by atoms with E-state index in [2.05, 4.69) is 0 Å². The Hall–Kier alpha value is -1.99. The first-order valence-corrected chi connectivity index (χ1v) is 3.38. The number of aromatic amines is 1. The molecule has 0 aromatic carbocycles. The van der Waals surface area contributed by atoms with Crippen LogP contribution in [0, 0.1) is 10.1 Å². The molecule has 0 fully saturated rings. The van der Waals surface area contributed by atoms with Crippen LogP contribution >= 0.6 is 0 Å². The van der Waals surface area contributed by atoms with Gasteiger partial charge in [0.1, 0.15) is 5.56 Å². The molecule has 1 aromatic heterocycles. The first-order valence-electron chi connectivity index (χ1n) is 3.38. The highest BCUT2D eigenvalue weighted by molar-refractivity contribution is 5.55. The number of nitrogens with two attached hydrogens (primary N) is 1. The summed E-state index contributed by atoms with van der Waals surface area (Å²) in [6.45, 7) is 0. The van der Waals surface area contributed by atoms with Gasteiger partial charge >= 0.3 is 11.2 Å². The van der Waals surface area contributed by atoms with Gasteiger partial charge in [-0.15, -0.1) is 0 Å². The third kappa shape index (κ3) is 1.53. The third-order valence-corrected chi connectivity index (χ3v) is 1.54. The van der Waals surface area contributed by atoms with E-state index in [1.54, 1.807) is 0 Å². The molecule has 0 bridgehead atoms. The second-order valence-electron chi connectivity index (χ2n) is 2.39. The van der Waals surface area contributed by atoms with Gasteiger partial charge in [0.05, 0.1) is 10.6 Å². The van der Waals surface area contributed by atoms with E-state index in [0.717, 1.165) is 6.20 Å². The van der Waals surface area contributed by atoms with Gasteiger partial charge in [-0.2, -0.15) is 0 Å². The highest BCUT2D eigenvalue weighted by Crippen LogP contribution is 2.29. The van der Waals surface area contributed by atoms with Crippen LogP contribution in [0.2, 0.25) is 0 Å². The van der Waals surface area contributed by atoms with Crippen molar-refractivity contribution in [1.82, 2.24) is 4.98 Å². The Morgan fingerprint density at radius 3 is 2.50 bits per heavy atom. The molecule has 14 heavy (non-hydrogen) atoms. The van der Waals surface area contributed by atoms with E-state index in [0.29, 0.717) is 0 Å². The first kappa shape index (κ1) is 10.1. The zero-order valence-corrected chi connectivity index (χ0v) is 6.66. The molecule has 0 saturated carbocycles. The van der Waals surface area contributed by atoms with E-state index in [-0.39, 0.29) is 0 Å². The predicted octanol–water partition coefficient (Wildman–Crippen LogP) is 0.803. The Morgan fingerprint density at radius 2 is 2.14 bits per heavy atom. The Bertz CT molecular complexity index is 429. The minimum atomic E-state index is -3.15. The number of anilines is 1. The van der Waals surface area contributed by atoms with Gasteiger partial charge in [-0.1, -0.05) is 0 Å². The molecule has 0 aliphatic rings. The molecule has 0 spiro atoms. The van der Waals surface area contributed by atoms with Crippen LogP contribution in [0.5, 0.6) is 0 Å². The van der Waals surface area contributed by atoms with Gasteiger partial charge in [-0.3, -0.25) is 14.9 Å². The summed E-state index contributed by atoms with van der Waals surface area (Å²) < 4.78 is 24.6. The minimum Gasteiger partial charge on any atom is -0.397 e. The largest absolute Gasteiger partial charge is 0.397 e. The molecule has 3 N–H and O–H groups in total. The van der Waals surface area contributed by atoms with Crippen molar-refractivity contribution < 1.29 is 13.7 Å². The van der Waals surface area contributed by atoms with Crippen molar-refractivity contribution in [3.63, 3.8) is 0 Å². The van der Waals surface area contributed by atoms with Crippen LogP contribution in [0.15, 0.2) is 11.0 Å². The molecule has 0 saturated heterocycles. The predicted molar refractivity (Wildman–Crippen MR) is 43.1 cm³/mol. The lowest BCUT2D eigenvalue weighted by Gasteiger charge is -2.03. The lowest BCUT2D eigenvalue weighted by Crippen LogP contribution is -2.16. The molecule has 76 valence electrons. The van der Waals surface area contributed by atoms with Crippen molar-refractivity contribution in [2.75, 3.05) is 5.73 Å². The summed E-state index contributed by atoms with van der Waals surface area (Å²) >= 11 is 0. The zero-order valence-electron chi connectivity index (χ0n) is 6.66. The second kappa shape index (κ2) is 3.40. The molecule has 8 heteroatoms. The lowest BCUT2D eigenvalue weighted by molar-refractivity contribution is -0.387. The van der Waals surface area contributed by atoms with Gasteiger partial charge in [0.25, 0.3) is 6.43 Å². The fourth-order valence-electron chi connectivity index (χ4n) is 0.959. The highest BCUT2D eigenvalue weighted by Gasteiger charge is 2.28. The number of halogens is 2. The average Bonchev–Trinajstić information content (AvgIpc) is 2.07. The maximum atomic E-state index is 12.3. The molecule has 1 aromatic rings. The number of nitrogen functional groups attached to an aromatic ring is 1. The summed E-state index contributed by atoms with van der Waals surface area (Å²) in [5.41, 5.74) is 1.12. The van der Waals surface area contributed by atoms with Gasteiger partial charge < -0.3 is 10.7 Å². The standard InChI is InChI=1S/C6H5F2N3O3/c7-5(8)3-2(9)1-10-6(12)4(3)11(13)14/h1,5H,9H2,(H,10,12). The number of nitrogens with zero attached hydrogens (tertiary/aromatic N) is 1. The fraction of sp³-hybridized carbons (Fsp3) is 0.167. The number of alkyl halides is 2. The fourth-order valence-corrected chi connectivity index (χ4v) is 0.959. The van der Waals surface area contributed by atoms with Crippen molar-refractivity contribution in [2.24, 2.45) is 0 Å². The topological polar surface area (TPSA) is 102 Å². The average molecular weight is 205 g/mol. The van der Waals surface area contributed by atoms with Crippen LogP contribution < -0.4 is 11.3 Å².